The Kier molecular flexibility index (Phi) is 2.87. The molecular formula is C9H6NO2. The third kappa shape index (κ3) is 2.09. The Morgan fingerprint density at radius 2 is 2.08 bits per heavy atom. The van der Waals surface area contributed by atoms with E-state index in [0.717, 1.165) is 5.92 Å². The molecule has 0 unspecified atom stereocenters. The molecule has 0 aromatic heterocycles. The van der Waals surface area contributed by atoms with Gasteiger partial charge in [0.25, 0.3) is 0 Å². The molecule has 59 valence electrons. The van der Waals surface area contributed by atoms with Crippen LogP contribution in [0.5, 0.6) is 0 Å². The van der Waals surface area contributed by atoms with E-state index in [1.807, 2.05) is 0 Å². The van der Waals surface area contributed by atoms with E-state index < -0.39 is 5.97 Å². The van der Waals surface area contributed by atoms with Gasteiger partial charge in [-0.15, -0.1) is 0 Å². The molecule has 5 radical (unpaired) electrons. The molecule has 0 aromatic carbocycles. The molecule has 3 heteroatoms. The molecule has 0 aliphatic heterocycles. The Morgan fingerprint density at radius 3 is 2.50 bits per heavy atom. The predicted molar refractivity (Wildman–Crippen MR) is 41.8 cm³/mol. The highest BCUT2D eigenvalue weighted by Gasteiger charge is 2.17. The van der Waals surface area contributed by atoms with E-state index in [0.29, 0.717) is 0 Å². The van der Waals surface area contributed by atoms with E-state index >= 15 is 0 Å². The van der Waals surface area contributed by atoms with Gasteiger partial charge in [-0.1, -0.05) is 6.08 Å². The number of nitriles is 1. The molecule has 1 rings (SSSR count). The summed E-state index contributed by atoms with van der Waals surface area (Å²) in [5, 5.41) is 16.9. The first-order valence-electron chi connectivity index (χ1n) is 3.31. The lowest BCUT2D eigenvalue weighted by Gasteiger charge is -1.98. The zero-order chi connectivity index (χ0) is 8.97. The fraction of sp³-hybridized carbons (Fsp3) is 0. The van der Waals surface area contributed by atoms with Crippen molar-refractivity contribution >= 4 is 5.97 Å². The molecule has 1 N–H and O–H groups in total. The summed E-state index contributed by atoms with van der Waals surface area (Å²) in [5.74, 6) is -0.465. The van der Waals surface area contributed by atoms with Gasteiger partial charge in [0.05, 0.1) is 0 Å². The summed E-state index contributed by atoms with van der Waals surface area (Å²) in [6.45, 7) is 0. The van der Waals surface area contributed by atoms with Crippen molar-refractivity contribution in [2.75, 3.05) is 0 Å². The lowest BCUT2D eigenvalue weighted by molar-refractivity contribution is -0.132. The summed E-state index contributed by atoms with van der Waals surface area (Å²) < 4.78 is 0. The first-order chi connectivity index (χ1) is 5.74. The SMILES string of the molecule is N#C/C(=C\[C]1[CH][CH][CH][CH]1)C(=O)O. The van der Waals surface area contributed by atoms with Crippen LogP contribution in [0.15, 0.2) is 11.6 Å². The van der Waals surface area contributed by atoms with Crippen LogP contribution in [0.25, 0.3) is 0 Å². The number of carbonyl (C=O) groups is 1. The van der Waals surface area contributed by atoms with Crippen molar-refractivity contribution in [3.63, 3.8) is 0 Å². The van der Waals surface area contributed by atoms with Crippen LogP contribution in [0, 0.1) is 42.9 Å². The van der Waals surface area contributed by atoms with Crippen molar-refractivity contribution in [1.29, 1.82) is 5.26 Å². The van der Waals surface area contributed by atoms with Gasteiger partial charge < -0.3 is 5.11 Å². The summed E-state index contributed by atoms with van der Waals surface area (Å²) in [6, 6.07) is 1.60. The summed E-state index contributed by atoms with van der Waals surface area (Å²) in [4.78, 5) is 10.4. The van der Waals surface area contributed by atoms with Crippen molar-refractivity contribution in [1.82, 2.24) is 0 Å². The number of nitrogens with zero attached hydrogens (tertiary/aromatic N) is 1. The van der Waals surface area contributed by atoms with Crippen LogP contribution in [-0.2, 0) is 4.79 Å². The monoisotopic (exact) mass is 160 g/mol. The van der Waals surface area contributed by atoms with Gasteiger partial charge >= 0.3 is 5.97 Å². The van der Waals surface area contributed by atoms with E-state index in [4.69, 9.17) is 10.4 Å². The van der Waals surface area contributed by atoms with Gasteiger partial charge in [-0.2, -0.15) is 5.26 Å². The molecule has 0 bridgehead atoms. The molecule has 0 saturated heterocycles. The molecule has 0 atom stereocenters. The summed E-state index contributed by atoms with van der Waals surface area (Å²) in [5.41, 5.74) is -0.249. The van der Waals surface area contributed by atoms with Crippen LogP contribution in [0.2, 0.25) is 0 Å². The van der Waals surface area contributed by atoms with E-state index in [9.17, 15) is 4.79 Å². The minimum atomic E-state index is -1.20. The largest absolute Gasteiger partial charge is 0.477 e. The summed E-state index contributed by atoms with van der Waals surface area (Å²) in [7, 11) is 0. The molecule has 12 heavy (non-hydrogen) atoms. The Labute approximate surface area is 71.3 Å². The Hall–Kier alpha value is -1.30. The highest BCUT2D eigenvalue weighted by molar-refractivity contribution is 5.91. The number of allylic oxidation sites excluding steroid dienone is 1. The average molecular weight is 160 g/mol. The third-order valence-electron chi connectivity index (χ3n) is 1.35. The zero-order valence-corrected chi connectivity index (χ0v) is 6.19. The number of carboxylic acid groups (broad SMARTS) is 1. The number of aliphatic carboxylic acids is 1. The molecule has 0 spiro atoms. The quantitative estimate of drug-likeness (QED) is 0.482. The maximum Gasteiger partial charge on any atom is 0.346 e. The van der Waals surface area contributed by atoms with Crippen LogP contribution >= 0.6 is 0 Å². The van der Waals surface area contributed by atoms with Crippen LogP contribution in [0.3, 0.4) is 0 Å². The van der Waals surface area contributed by atoms with Crippen molar-refractivity contribution in [3.05, 3.63) is 43.3 Å². The minimum Gasteiger partial charge on any atom is -0.477 e. The second-order valence-corrected chi connectivity index (χ2v) is 2.19. The molecule has 0 heterocycles. The normalized spacial score (nSPS) is 19.1. The van der Waals surface area contributed by atoms with Crippen LogP contribution in [0.4, 0.5) is 0 Å². The van der Waals surface area contributed by atoms with Crippen LogP contribution < -0.4 is 0 Å². The highest BCUT2D eigenvalue weighted by atomic mass is 16.4. The zero-order valence-electron chi connectivity index (χ0n) is 6.19. The van der Waals surface area contributed by atoms with Crippen molar-refractivity contribution < 1.29 is 9.90 Å². The van der Waals surface area contributed by atoms with E-state index in [1.54, 1.807) is 31.8 Å². The van der Waals surface area contributed by atoms with Gasteiger partial charge in [-0.05, 0) is 25.7 Å². The molecule has 1 aliphatic carbocycles. The van der Waals surface area contributed by atoms with Gasteiger partial charge in [0.2, 0.25) is 0 Å². The lowest BCUT2D eigenvalue weighted by Crippen LogP contribution is -2.00. The maximum absolute atomic E-state index is 10.4. The minimum absolute atomic E-state index is 0.249. The number of rotatable bonds is 2. The number of hydrogen-bond acceptors (Lipinski definition) is 2. The van der Waals surface area contributed by atoms with Gasteiger partial charge in [-0.3, -0.25) is 0 Å². The van der Waals surface area contributed by atoms with Gasteiger partial charge in [0.1, 0.15) is 11.6 Å². The molecule has 3 nitrogen and oxygen atoms in total. The van der Waals surface area contributed by atoms with Gasteiger partial charge in [0, 0.05) is 5.92 Å². The van der Waals surface area contributed by atoms with Crippen molar-refractivity contribution in [2.45, 2.75) is 0 Å². The fourth-order valence-corrected chi connectivity index (χ4v) is 0.794. The molecule has 1 fully saturated rings. The third-order valence-corrected chi connectivity index (χ3v) is 1.35. The van der Waals surface area contributed by atoms with Crippen molar-refractivity contribution in [2.24, 2.45) is 0 Å². The summed E-state index contributed by atoms with van der Waals surface area (Å²) >= 11 is 0. The second kappa shape index (κ2) is 3.91. The Bertz CT molecular complexity index is 244. The van der Waals surface area contributed by atoms with Crippen LogP contribution in [0.1, 0.15) is 0 Å². The molecular weight excluding hydrogens is 154 g/mol. The first-order valence-corrected chi connectivity index (χ1v) is 3.31. The van der Waals surface area contributed by atoms with E-state index in [2.05, 4.69) is 0 Å². The Morgan fingerprint density at radius 1 is 1.50 bits per heavy atom. The van der Waals surface area contributed by atoms with Crippen LogP contribution in [-0.4, -0.2) is 11.1 Å². The molecule has 0 aromatic rings. The predicted octanol–water partition coefficient (Wildman–Crippen LogP) is 0.926. The lowest BCUT2D eigenvalue weighted by atomic mass is 10.1. The summed E-state index contributed by atoms with van der Waals surface area (Å²) in [6.07, 6.45) is 8.37. The van der Waals surface area contributed by atoms with E-state index in [-0.39, 0.29) is 5.57 Å². The van der Waals surface area contributed by atoms with Gasteiger partial charge in [0.15, 0.2) is 0 Å². The standard InChI is InChI=1S/C9H6NO2/c10-6-8(9(11)12)5-7-3-1-2-4-7/h1-5H,(H,11,12)/b8-5+. The maximum atomic E-state index is 10.4. The van der Waals surface area contributed by atoms with Crippen molar-refractivity contribution in [3.8, 4) is 6.07 Å². The molecule has 1 aliphatic rings. The molecule has 0 amide bonds. The van der Waals surface area contributed by atoms with Gasteiger partial charge in [-0.25, -0.2) is 4.79 Å². The van der Waals surface area contributed by atoms with E-state index in [1.165, 1.54) is 6.08 Å². The first kappa shape index (κ1) is 8.79. The topological polar surface area (TPSA) is 61.1 Å². The highest BCUT2D eigenvalue weighted by Crippen LogP contribution is 2.25. The second-order valence-electron chi connectivity index (χ2n) is 2.19. The number of hydrogen-bond donors (Lipinski definition) is 1. The smallest absolute Gasteiger partial charge is 0.346 e. The number of carboxylic acids is 1. The Balaban J connectivity index is 2.64. The fourth-order valence-electron chi connectivity index (χ4n) is 0.794. The average Bonchev–Trinajstić information content (AvgIpc) is 2.51. The molecule has 1 saturated carbocycles.